The molecule has 3 rings (SSSR count). The summed E-state index contributed by atoms with van der Waals surface area (Å²) in [5.41, 5.74) is 2.81. The number of benzene rings is 2. The van der Waals surface area contributed by atoms with Gasteiger partial charge < -0.3 is 14.0 Å². The van der Waals surface area contributed by atoms with Gasteiger partial charge in [0.1, 0.15) is 5.03 Å². The van der Waals surface area contributed by atoms with Gasteiger partial charge in [-0.25, -0.2) is 0 Å². The van der Waals surface area contributed by atoms with Gasteiger partial charge in [-0.2, -0.15) is 4.98 Å². The van der Waals surface area contributed by atoms with Crippen LogP contribution < -0.4 is 9.47 Å². The van der Waals surface area contributed by atoms with Crippen LogP contribution in [0.2, 0.25) is 0 Å². The third-order valence-electron chi connectivity index (χ3n) is 3.72. The van der Waals surface area contributed by atoms with Crippen LogP contribution in [0.25, 0.3) is 22.5 Å². The number of aromatic nitrogens is 2. The van der Waals surface area contributed by atoms with E-state index in [9.17, 15) is 0 Å². The molecule has 2 aromatic carbocycles. The van der Waals surface area contributed by atoms with E-state index < -0.39 is 0 Å². The van der Waals surface area contributed by atoms with Crippen LogP contribution in [0.1, 0.15) is 17.0 Å². The van der Waals surface area contributed by atoms with Crippen molar-refractivity contribution < 1.29 is 14.0 Å². The Kier molecular flexibility index (Phi) is 5.05. The van der Waals surface area contributed by atoms with E-state index in [1.54, 1.807) is 26.4 Å². The Morgan fingerprint density at radius 1 is 1.08 bits per heavy atom. The van der Waals surface area contributed by atoms with E-state index in [1.807, 2.05) is 43.3 Å². The zero-order chi connectivity index (χ0) is 17.8. The van der Waals surface area contributed by atoms with Crippen LogP contribution in [-0.2, 0) is 0 Å². The molecule has 0 amide bonds. The second-order valence-electron chi connectivity index (χ2n) is 5.34. The van der Waals surface area contributed by atoms with Crippen molar-refractivity contribution in [2.24, 2.45) is 0 Å². The lowest BCUT2D eigenvalue weighted by Crippen LogP contribution is -1.90. The topological polar surface area (TPSA) is 57.4 Å². The summed E-state index contributed by atoms with van der Waals surface area (Å²) in [5.74, 6) is 2.03. The Morgan fingerprint density at radius 2 is 1.84 bits per heavy atom. The molecule has 0 bridgehead atoms. The van der Waals surface area contributed by atoms with E-state index in [0.29, 0.717) is 22.4 Å². The highest BCUT2D eigenvalue weighted by Gasteiger charge is 2.13. The Balaban J connectivity index is 1.90. The molecule has 3 aromatic rings. The average Bonchev–Trinajstić information content (AvgIpc) is 3.12. The fourth-order valence-corrected chi connectivity index (χ4v) is 2.61. The first-order valence-electron chi connectivity index (χ1n) is 7.61. The first-order valence-corrected chi connectivity index (χ1v) is 7.99. The minimum Gasteiger partial charge on any atom is -0.493 e. The predicted molar refractivity (Wildman–Crippen MR) is 97.7 cm³/mol. The Hall–Kier alpha value is -2.79. The van der Waals surface area contributed by atoms with Crippen molar-refractivity contribution in [2.75, 3.05) is 14.2 Å². The molecule has 0 unspecified atom stereocenters. The number of halogens is 1. The van der Waals surface area contributed by atoms with Crippen LogP contribution in [0.3, 0.4) is 0 Å². The van der Waals surface area contributed by atoms with Crippen LogP contribution in [0.4, 0.5) is 0 Å². The van der Waals surface area contributed by atoms with Gasteiger partial charge in [-0.3, -0.25) is 0 Å². The van der Waals surface area contributed by atoms with Crippen LogP contribution in [0, 0.1) is 6.92 Å². The molecule has 1 heterocycles. The van der Waals surface area contributed by atoms with Crippen LogP contribution in [0.15, 0.2) is 47.0 Å². The van der Waals surface area contributed by atoms with Gasteiger partial charge in [0.15, 0.2) is 11.5 Å². The summed E-state index contributed by atoms with van der Waals surface area (Å²) in [6.07, 6.45) is 1.73. The zero-order valence-corrected chi connectivity index (χ0v) is 14.9. The molecule has 0 spiro atoms. The predicted octanol–water partition coefficient (Wildman–Crippen LogP) is 4.80. The van der Waals surface area contributed by atoms with Crippen molar-refractivity contribution in [3.8, 4) is 22.9 Å². The normalized spacial score (nSPS) is 11.4. The molecule has 0 aliphatic carbocycles. The van der Waals surface area contributed by atoms with Crippen LogP contribution in [-0.4, -0.2) is 24.4 Å². The molecular weight excluding hydrogens is 340 g/mol. The van der Waals surface area contributed by atoms with Gasteiger partial charge in [-0.05, 0) is 36.3 Å². The van der Waals surface area contributed by atoms with E-state index in [1.165, 1.54) is 0 Å². The average molecular weight is 357 g/mol. The molecule has 6 heteroatoms. The first kappa shape index (κ1) is 17.0. The Labute approximate surface area is 150 Å². The van der Waals surface area contributed by atoms with E-state index in [4.69, 9.17) is 25.6 Å². The molecule has 5 nitrogen and oxygen atoms in total. The van der Waals surface area contributed by atoms with Crippen molar-refractivity contribution in [2.45, 2.75) is 6.92 Å². The lowest BCUT2D eigenvalue weighted by molar-refractivity contribution is 0.355. The van der Waals surface area contributed by atoms with E-state index >= 15 is 0 Å². The smallest absolute Gasteiger partial charge is 0.269 e. The highest BCUT2D eigenvalue weighted by Crippen LogP contribution is 2.30. The minimum atomic E-state index is 0.259. The highest BCUT2D eigenvalue weighted by molar-refractivity contribution is 6.50. The quantitative estimate of drug-likeness (QED) is 0.657. The van der Waals surface area contributed by atoms with Gasteiger partial charge in [0, 0.05) is 5.56 Å². The molecule has 0 N–H and O–H groups in total. The monoisotopic (exact) mass is 356 g/mol. The molecule has 0 saturated heterocycles. The van der Waals surface area contributed by atoms with Crippen molar-refractivity contribution in [1.82, 2.24) is 10.1 Å². The summed E-state index contributed by atoms with van der Waals surface area (Å²) in [6.45, 7) is 1.99. The lowest BCUT2D eigenvalue weighted by Gasteiger charge is -2.07. The van der Waals surface area contributed by atoms with Gasteiger partial charge >= 0.3 is 0 Å². The maximum absolute atomic E-state index is 6.34. The Morgan fingerprint density at radius 3 is 2.56 bits per heavy atom. The molecule has 25 heavy (non-hydrogen) atoms. The van der Waals surface area contributed by atoms with Gasteiger partial charge in [-0.15, -0.1) is 0 Å². The summed E-state index contributed by atoms with van der Waals surface area (Å²) in [6, 6.07) is 13.3. The van der Waals surface area contributed by atoms with Gasteiger partial charge in [0.25, 0.3) is 5.89 Å². The number of hydrogen-bond acceptors (Lipinski definition) is 5. The van der Waals surface area contributed by atoms with E-state index in [2.05, 4.69) is 10.1 Å². The van der Waals surface area contributed by atoms with Crippen LogP contribution in [0.5, 0.6) is 11.5 Å². The standard InChI is InChI=1S/C19H17ClN2O3/c1-12-6-4-5-7-14(12)18-21-19(25-22-18)15(20)10-13-8-9-16(23-2)17(11-13)24-3/h4-11H,1-3H3/b15-10-. The third kappa shape index (κ3) is 3.67. The molecular formula is C19H17ClN2O3. The van der Waals surface area contributed by atoms with Crippen molar-refractivity contribution in [1.29, 1.82) is 0 Å². The molecule has 0 saturated carbocycles. The lowest BCUT2D eigenvalue weighted by atomic mass is 10.1. The van der Waals surface area contributed by atoms with Gasteiger partial charge in [-0.1, -0.05) is 47.1 Å². The summed E-state index contributed by atoms with van der Waals surface area (Å²) in [5, 5.41) is 4.36. The number of rotatable bonds is 5. The SMILES string of the molecule is COc1ccc(/C=C(\Cl)c2nc(-c3ccccc3C)no2)cc1OC. The molecule has 0 aliphatic heterocycles. The number of hydrogen-bond donors (Lipinski definition) is 0. The summed E-state index contributed by atoms with van der Waals surface area (Å²) in [4.78, 5) is 4.38. The Bertz CT molecular complexity index is 919. The molecule has 0 fully saturated rings. The maximum atomic E-state index is 6.34. The van der Waals surface area contributed by atoms with Crippen molar-refractivity contribution in [3.05, 3.63) is 59.5 Å². The minimum absolute atomic E-state index is 0.259. The second-order valence-corrected chi connectivity index (χ2v) is 5.75. The number of nitrogens with zero attached hydrogens (tertiary/aromatic N) is 2. The van der Waals surface area contributed by atoms with E-state index in [-0.39, 0.29) is 5.89 Å². The fourth-order valence-electron chi connectivity index (χ4n) is 2.40. The van der Waals surface area contributed by atoms with Gasteiger partial charge in [0.2, 0.25) is 5.82 Å². The zero-order valence-electron chi connectivity index (χ0n) is 14.1. The molecule has 128 valence electrons. The summed E-state index contributed by atoms with van der Waals surface area (Å²) in [7, 11) is 3.17. The van der Waals surface area contributed by atoms with Crippen molar-refractivity contribution >= 4 is 22.7 Å². The van der Waals surface area contributed by atoms with Crippen LogP contribution >= 0.6 is 11.6 Å². The number of ether oxygens (including phenoxy) is 2. The summed E-state index contributed by atoms with van der Waals surface area (Å²) < 4.78 is 15.8. The maximum Gasteiger partial charge on any atom is 0.269 e. The fraction of sp³-hybridized carbons (Fsp3) is 0.158. The highest BCUT2D eigenvalue weighted by atomic mass is 35.5. The van der Waals surface area contributed by atoms with E-state index in [0.717, 1.165) is 16.7 Å². The number of methoxy groups -OCH3 is 2. The summed E-state index contributed by atoms with van der Waals surface area (Å²) >= 11 is 6.34. The van der Waals surface area contributed by atoms with Gasteiger partial charge in [0.05, 0.1) is 14.2 Å². The molecule has 1 aromatic heterocycles. The third-order valence-corrected chi connectivity index (χ3v) is 3.99. The van der Waals surface area contributed by atoms with Crippen molar-refractivity contribution in [3.63, 3.8) is 0 Å². The second kappa shape index (κ2) is 7.40. The largest absolute Gasteiger partial charge is 0.493 e. The molecule has 0 aliphatic rings. The molecule has 0 radical (unpaired) electrons. The number of aryl methyl sites for hydroxylation is 1. The first-order chi connectivity index (χ1) is 12.1. The molecule has 0 atom stereocenters.